The van der Waals surface area contributed by atoms with Crippen LogP contribution in [-0.4, -0.2) is 6.04 Å². The van der Waals surface area contributed by atoms with E-state index in [4.69, 9.17) is 5.73 Å². The Labute approximate surface area is 107 Å². The molecule has 2 aromatic rings. The van der Waals surface area contributed by atoms with E-state index in [9.17, 15) is 0 Å². The van der Waals surface area contributed by atoms with Gasteiger partial charge in [-0.3, -0.25) is 0 Å². The summed E-state index contributed by atoms with van der Waals surface area (Å²) in [5, 5.41) is 2.13. The highest BCUT2D eigenvalue weighted by Crippen LogP contribution is 2.13. The Morgan fingerprint density at radius 1 is 1.24 bits per heavy atom. The Morgan fingerprint density at radius 2 is 2.12 bits per heavy atom. The molecule has 2 N–H and O–H groups in total. The van der Waals surface area contributed by atoms with Gasteiger partial charge in [0, 0.05) is 10.9 Å². The van der Waals surface area contributed by atoms with Crippen molar-refractivity contribution in [3.63, 3.8) is 0 Å². The van der Waals surface area contributed by atoms with Crippen molar-refractivity contribution in [1.82, 2.24) is 0 Å². The molecule has 17 heavy (non-hydrogen) atoms. The van der Waals surface area contributed by atoms with Gasteiger partial charge in [-0.15, -0.1) is 11.3 Å². The number of thiophene rings is 1. The largest absolute Gasteiger partial charge is 0.327 e. The standard InChI is InChI=1S/C15H19NS/c1-12-4-2-5-13(10-12)11-14(16)7-8-15-6-3-9-17-15/h2-6,9-10,14H,7-8,11,16H2,1H3. The van der Waals surface area contributed by atoms with E-state index >= 15 is 0 Å². The first-order chi connectivity index (χ1) is 8.24. The maximum atomic E-state index is 6.18. The quantitative estimate of drug-likeness (QED) is 0.856. The molecule has 90 valence electrons. The molecule has 0 radical (unpaired) electrons. The lowest BCUT2D eigenvalue weighted by atomic mass is 10.0. The first kappa shape index (κ1) is 12.3. The molecule has 0 amide bonds. The van der Waals surface area contributed by atoms with Gasteiger partial charge in [0.05, 0.1) is 0 Å². The maximum absolute atomic E-state index is 6.18. The lowest BCUT2D eigenvalue weighted by Crippen LogP contribution is -2.23. The third-order valence-corrected chi connectivity index (χ3v) is 3.86. The van der Waals surface area contributed by atoms with Crippen LogP contribution in [-0.2, 0) is 12.8 Å². The van der Waals surface area contributed by atoms with Gasteiger partial charge in [0.2, 0.25) is 0 Å². The summed E-state index contributed by atoms with van der Waals surface area (Å²) in [5.74, 6) is 0. The third-order valence-electron chi connectivity index (χ3n) is 2.92. The van der Waals surface area contributed by atoms with Crippen LogP contribution >= 0.6 is 11.3 Å². The molecule has 2 rings (SSSR count). The van der Waals surface area contributed by atoms with Crippen LogP contribution in [0.1, 0.15) is 22.4 Å². The lowest BCUT2D eigenvalue weighted by Gasteiger charge is -2.11. The molecule has 0 saturated heterocycles. The number of rotatable bonds is 5. The number of aryl methyl sites for hydroxylation is 2. The minimum atomic E-state index is 0.263. The molecule has 1 atom stereocenters. The van der Waals surface area contributed by atoms with Crippen LogP contribution in [0.25, 0.3) is 0 Å². The van der Waals surface area contributed by atoms with E-state index in [0.717, 1.165) is 19.3 Å². The van der Waals surface area contributed by atoms with Crippen LogP contribution in [0.5, 0.6) is 0 Å². The lowest BCUT2D eigenvalue weighted by molar-refractivity contribution is 0.613. The molecular formula is C15H19NS. The van der Waals surface area contributed by atoms with E-state index in [0.29, 0.717) is 0 Å². The zero-order chi connectivity index (χ0) is 12.1. The highest BCUT2D eigenvalue weighted by atomic mass is 32.1. The monoisotopic (exact) mass is 245 g/mol. The molecule has 2 heteroatoms. The molecule has 1 unspecified atom stereocenters. The maximum Gasteiger partial charge on any atom is 0.00827 e. The molecular weight excluding hydrogens is 226 g/mol. The molecule has 0 aliphatic rings. The van der Waals surface area contributed by atoms with E-state index < -0.39 is 0 Å². The SMILES string of the molecule is Cc1cccc(CC(N)CCc2cccs2)c1. The van der Waals surface area contributed by atoms with E-state index in [1.807, 2.05) is 11.3 Å². The minimum Gasteiger partial charge on any atom is -0.327 e. The normalized spacial score (nSPS) is 12.6. The Kier molecular flexibility index (Phi) is 4.35. The fraction of sp³-hybridized carbons (Fsp3) is 0.333. The van der Waals surface area contributed by atoms with Gasteiger partial charge in [0.15, 0.2) is 0 Å². The van der Waals surface area contributed by atoms with E-state index in [1.54, 1.807) is 0 Å². The molecule has 0 spiro atoms. The van der Waals surface area contributed by atoms with Crippen LogP contribution in [0.4, 0.5) is 0 Å². The number of hydrogen-bond donors (Lipinski definition) is 1. The first-order valence-electron chi connectivity index (χ1n) is 6.07. The second kappa shape index (κ2) is 5.99. The van der Waals surface area contributed by atoms with Gasteiger partial charge in [-0.1, -0.05) is 35.9 Å². The van der Waals surface area contributed by atoms with Gasteiger partial charge < -0.3 is 5.73 Å². The minimum absolute atomic E-state index is 0.263. The van der Waals surface area contributed by atoms with Gasteiger partial charge in [0.25, 0.3) is 0 Å². The molecule has 0 fully saturated rings. The molecule has 1 nitrogen and oxygen atoms in total. The van der Waals surface area contributed by atoms with Gasteiger partial charge >= 0.3 is 0 Å². The van der Waals surface area contributed by atoms with Crippen LogP contribution in [0.3, 0.4) is 0 Å². The smallest absolute Gasteiger partial charge is 0.00827 e. The van der Waals surface area contributed by atoms with Crippen molar-refractivity contribution >= 4 is 11.3 Å². The zero-order valence-corrected chi connectivity index (χ0v) is 11.0. The van der Waals surface area contributed by atoms with Crippen LogP contribution in [0, 0.1) is 6.92 Å². The summed E-state index contributed by atoms with van der Waals surface area (Å²) in [6.45, 7) is 2.13. The van der Waals surface area contributed by atoms with Gasteiger partial charge in [-0.25, -0.2) is 0 Å². The highest BCUT2D eigenvalue weighted by molar-refractivity contribution is 7.09. The molecule has 1 aromatic carbocycles. The Bertz CT molecular complexity index is 448. The number of benzene rings is 1. The van der Waals surface area contributed by atoms with Gasteiger partial charge in [0.1, 0.15) is 0 Å². The fourth-order valence-corrected chi connectivity index (χ4v) is 2.75. The van der Waals surface area contributed by atoms with E-state index in [-0.39, 0.29) is 6.04 Å². The zero-order valence-electron chi connectivity index (χ0n) is 10.2. The van der Waals surface area contributed by atoms with Gasteiger partial charge in [-0.2, -0.15) is 0 Å². The second-order valence-electron chi connectivity index (χ2n) is 4.57. The summed E-state index contributed by atoms with van der Waals surface area (Å²) in [5.41, 5.74) is 8.84. The molecule has 0 saturated carbocycles. The molecule has 1 aromatic heterocycles. The Balaban J connectivity index is 1.83. The molecule has 0 bridgehead atoms. The van der Waals surface area contributed by atoms with E-state index in [2.05, 4.69) is 48.7 Å². The van der Waals surface area contributed by atoms with Crippen molar-refractivity contribution in [3.05, 3.63) is 57.8 Å². The van der Waals surface area contributed by atoms with E-state index in [1.165, 1.54) is 16.0 Å². The van der Waals surface area contributed by atoms with Crippen LogP contribution in [0.2, 0.25) is 0 Å². The molecule has 1 heterocycles. The summed E-state index contributed by atoms with van der Waals surface area (Å²) >= 11 is 1.82. The average Bonchev–Trinajstić information content (AvgIpc) is 2.79. The fourth-order valence-electron chi connectivity index (χ4n) is 2.03. The highest BCUT2D eigenvalue weighted by Gasteiger charge is 2.05. The molecule has 0 aliphatic carbocycles. The Hall–Kier alpha value is -1.12. The van der Waals surface area contributed by atoms with Crippen molar-refractivity contribution < 1.29 is 0 Å². The van der Waals surface area contributed by atoms with Crippen molar-refractivity contribution in [3.8, 4) is 0 Å². The summed E-state index contributed by atoms with van der Waals surface area (Å²) in [6, 6.07) is 13.2. The summed E-state index contributed by atoms with van der Waals surface area (Å²) in [7, 11) is 0. The average molecular weight is 245 g/mol. The number of hydrogen-bond acceptors (Lipinski definition) is 2. The predicted octanol–water partition coefficient (Wildman–Crippen LogP) is 3.56. The first-order valence-corrected chi connectivity index (χ1v) is 6.95. The molecule has 0 aliphatic heterocycles. The third kappa shape index (κ3) is 3.99. The summed E-state index contributed by atoms with van der Waals surface area (Å²) < 4.78 is 0. The van der Waals surface area contributed by atoms with Crippen molar-refractivity contribution in [2.75, 3.05) is 0 Å². The Morgan fingerprint density at radius 3 is 2.82 bits per heavy atom. The van der Waals surface area contributed by atoms with Crippen molar-refractivity contribution in [2.24, 2.45) is 5.73 Å². The van der Waals surface area contributed by atoms with Crippen molar-refractivity contribution in [2.45, 2.75) is 32.2 Å². The summed E-state index contributed by atoms with van der Waals surface area (Å²) in [4.78, 5) is 1.43. The van der Waals surface area contributed by atoms with Crippen LogP contribution in [0.15, 0.2) is 41.8 Å². The summed E-state index contributed by atoms with van der Waals surface area (Å²) in [6.07, 6.45) is 3.14. The second-order valence-corrected chi connectivity index (χ2v) is 5.60. The topological polar surface area (TPSA) is 26.0 Å². The number of nitrogens with two attached hydrogens (primary N) is 1. The van der Waals surface area contributed by atoms with Crippen molar-refractivity contribution in [1.29, 1.82) is 0 Å². The van der Waals surface area contributed by atoms with Crippen LogP contribution < -0.4 is 5.73 Å². The van der Waals surface area contributed by atoms with Gasteiger partial charge in [-0.05, 0) is 43.2 Å². The predicted molar refractivity (Wildman–Crippen MR) is 75.5 cm³/mol.